The van der Waals surface area contributed by atoms with Crippen molar-refractivity contribution < 1.29 is 23.4 Å². The summed E-state index contributed by atoms with van der Waals surface area (Å²) in [5.74, 6) is -0.0624. The third kappa shape index (κ3) is 8.15. The van der Waals surface area contributed by atoms with E-state index in [0.717, 1.165) is 19.3 Å². The van der Waals surface area contributed by atoms with Crippen LogP contribution in [0, 0.1) is 5.92 Å². The van der Waals surface area contributed by atoms with E-state index in [2.05, 4.69) is 18.5 Å². The van der Waals surface area contributed by atoms with Crippen molar-refractivity contribution in [3.05, 3.63) is 36.4 Å². The Morgan fingerprint density at radius 2 is 2.00 bits per heavy atom. The minimum Gasteiger partial charge on any atom is -0.491 e. The zero-order valence-corrected chi connectivity index (χ0v) is 14.6. The molecule has 1 N–H and O–H groups in total. The van der Waals surface area contributed by atoms with Crippen LogP contribution in [0.2, 0.25) is 0 Å². The van der Waals surface area contributed by atoms with Gasteiger partial charge in [-0.2, -0.15) is 0 Å². The number of carbonyl (C=O) groups is 1. The van der Waals surface area contributed by atoms with E-state index in [4.69, 9.17) is 14.2 Å². The minimum absolute atomic E-state index is 0.0730. The summed E-state index contributed by atoms with van der Waals surface area (Å²) in [6.45, 7) is 12.3. The van der Waals surface area contributed by atoms with Crippen LogP contribution in [0.3, 0.4) is 0 Å². The number of nitrogens with one attached hydrogen (secondary N) is 1. The quantitative estimate of drug-likeness (QED) is 0.352. The second-order valence-corrected chi connectivity index (χ2v) is 5.98. The van der Waals surface area contributed by atoms with Crippen LogP contribution in [-0.4, -0.2) is 38.6 Å². The molecule has 0 heterocycles. The monoisotopic (exact) mass is 341 g/mol. The van der Waals surface area contributed by atoms with Crippen LogP contribution in [0.1, 0.15) is 33.1 Å². The SMILES string of the molecule is C=C(F)/C=C(/OCCOCCNC(=O)OC1CCC1)C(=C)C(C)C. The lowest BCUT2D eigenvalue weighted by atomic mass is 9.96. The van der Waals surface area contributed by atoms with Gasteiger partial charge in [-0.05, 0) is 30.8 Å². The van der Waals surface area contributed by atoms with E-state index in [1.807, 2.05) is 13.8 Å². The third-order valence-electron chi connectivity index (χ3n) is 3.63. The highest BCUT2D eigenvalue weighted by Gasteiger charge is 2.21. The maximum Gasteiger partial charge on any atom is 0.407 e. The second-order valence-electron chi connectivity index (χ2n) is 5.98. The van der Waals surface area contributed by atoms with Crippen LogP contribution in [0.5, 0.6) is 0 Å². The topological polar surface area (TPSA) is 56.8 Å². The molecule has 0 aliphatic heterocycles. The molecule has 1 fully saturated rings. The Morgan fingerprint density at radius 1 is 1.29 bits per heavy atom. The number of allylic oxidation sites excluding steroid dienone is 3. The molecule has 0 aromatic rings. The van der Waals surface area contributed by atoms with Gasteiger partial charge < -0.3 is 19.5 Å². The summed E-state index contributed by atoms with van der Waals surface area (Å²) in [4.78, 5) is 11.4. The molecule has 0 saturated heterocycles. The Bertz CT molecular complexity index is 470. The molecule has 0 bridgehead atoms. The number of halogens is 1. The Labute approximate surface area is 143 Å². The Morgan fingerprint density at radius 3 is 2.54 bits per heavy atom. The molecule has 136 valence electrons. The first-order valence-corrected chi connectivity index (χ1v) is 8.30. The number of hydrogen-bond donors (Lipinski definition) is 1. The molecule has 1 rings (SSSR count). The van der Waals surface area contributed by atoms with Crippen molar-refractivity contribution >= 4 is 6.09 Å². The molecule has 0 atom stereocenters. The van der Waals surface area contributed by atoms with Crippen molar-refractivity contribution in [2.45, 2.75) is 39.2 Å². The van der Waals surface area contributed by atoms with Gasteiger partial charge in [-0.3, -0.25) is 0 Å². The molecule has 24 heavy (non-hydrogen) atoms. The lowest BCUT2D eigenvalue weighted by molar-refractivity contribution is 0.0475. The fourth-order valence-electron chi connectivity index (χ4n) is 1.87. The summed E-state index contributed by atoms with van der Waals surface area (Å²) in [5.41, 5.74) is 0.703. The van der Waals surface area contributed by atoms with Crippen LogP contribution < -0.4 is 5.32 Å². The van der Waals surface area contributed by atoms with Crippen molar-refractivity contribution in [1.29, 1.82) is 0 Å². The molecule has 1 aliphatic carbocycles. The molecule has 0 unspecified atom stereocenters. The smallest absolute Gasteiger partial charge is 0.407 e. The van der Waals surface area contributed by atoms with Gasteiger partial charge in [0.05, 0.1) is 13.2 Å². The molecule has 1 saturated carbocycles. The first-order chi connectivity index (χ1) is 11.4. The van der Waals surface area contributed by atoms with Crippen LogP contribution in [0.4, 0.5) is 9.18 Å². The van der Waals surface area contributed by atoms with Crippen molar-refractivity contribution in [3.63, 3.8) is 0 Å². The fraction of sp³-hybridized carbons (Fsp3) is 0.611. The summed E-state index contributed by atoms with van der Waals surface area (Å²) in [7, 11) is 0. The summed E-state index contributed by atoms with van der Waals surface area (Å²) >= 11 is 0. The molecule has 0 spiro atoms. The summed E-state index contributed by atoms with van der Waals surface area (Å²) in [6, 6.07) is 0. The maximum absolute atomic E-state index is 13.0. The lowest BCUT2D eigenvalue weighted by Crippen LogP contribution is -2.34. The van der Waals surface area contributed by atoms with Crippen LogP contribution in [-0.2, 0) is 14.2 Å². The van der Waals surface area contributed by atoms with Gasteiger partial charge in [-0.25, -0.2) is 9.18 Å². The summed E-state index contributed by atoms with van der Waals surface area (Å²) in [6.07, 6.45) is 3.91. The molecule has 0 radical (unpaired) electrons. The molecular formula is C18H28FNO4. The van der Waals surface area contributed by atoms with Gasteiger partial charge >= 0.3 is 6.09 Å². The molecule has 5 nitrogen and oxygen atoms in total. The average Bonchev–Trinajstić information content (AvgIpc) is 2.47. The number of alkyl carbamates (subject to hydrolysis) is 1. The number of amides is 1. The van der Waals surface area contributed by atoms with Crippen molar-refractivity contribution in [2.24, 2.45) is 5.92 Å². The van der Waals surface area contributed by atoms with Gasteiger partial charge in [-0.15, -0.1) is 0 Å². The van der Waals surface area contributed by atoms with Crippen LogP contribution >= 0.6 is 0 Å². The van der Waals surface area contributed by atoms with Gasteiger partial charge in [0.15, 0.2) is 0 Å². The molecule has 6 heteroatoms. The van der Waals surface area contributed by atoms with Gasteiger partial charge in [0.1, 0.15) is 24.3 Å². The zero-order chi connectivity index (χ0) is 17.9. The molecule has 0 aromatic carbocycles. The highest BCUT2D eigenvalue weighted by molar-refractivity contribution is 5.67. The molecular weight excluding hydrogens is 313 g/mol. The van der Waals surface area contributed by atoms with Gasteiger partial charge in [0.25, 0.3) is 0 Å². The number of carbonyl (C=O) groups excluding carboxylic acids is 1. The van der Waals surface area contributed by atoms with E-state index in [1.54, 1.807) is 0 Å². The van der Waals surface area contributed by atoms with Crippen LogP contribution in [0.25, 0.3) is 0 Å². The fourth-order valence-corrected chi connectivity index (χ4v) is 1.87. The zero-order valence-electron chi connectivity index (χ0n) is 14.6. The van der Waals surface area contributed by atoms with E-state index in [9.17, 15) is 9.18 Å². The standard InChI is InChI=1S/C18H28FNO4/c1-13(2)15(4)17(12-14(3)19)23-11-10-22-9-8-20-18(21)24-16-6-5-7-16/h12-13,16H,3-11H2,1-2H3,(H,20,21)/b17-12+. The minimum atomic E-state index is -0.582. The lowest BCUT2D eigenvalue weighted by Gasteiger charge is -2.25. The predicted octanol–water partition coefficient (Wildman–Crippen LogP) is 3.88. The first kappa shape index (κ1) is 20.2. The Kier molecular flexibility index (Phi) is 9.15. The molecule has 0 aromatic heterocycles. The predicted molar refractivity (Wildman–Crippen MR) is 91.2 cm³/mol. The Balaban J connectivity index is 2.11. The van der Waals surface area contributed by atoms with Gasteiger partial charge in [0, 0.05) is 12.6 Å². The normalized spacial score (nSPS) is 14.9. The molecule has 1 aliphatic rings. The van der Waals surface area contributed by atoms with E-state index in [1.165, 1.54) is 6.08 Å². The van der Waals surface area contributed by atoms with Crippen molar-refractivity contribution in [3.8, 4) is 0 Å². The number of ether oxygens (including phenoxy) is 3. The van der Waals surface area contributed by atoms with E-state index in [-0.39, 0.29) is 18.6 Å². The Hall–Kier alpha value is -1.82. The second kappa shape index (κ2) is 10.9. The van der Waals surface area contributed by atoms with Crippen molar-refractivity contribution in [2.75, 3.05) is 26.4 Å². The summed E-state index contributed by atoms with van der Waals surface area (Å²) < 4.78 is 29.0. The van der Waals surface area contributed by atoms with Gasteiger partial charge in [-0.1, -0.05) is 27.0 Å². The highest BCUT2D eigenvalue weighted by atomic mass is 19.1. The molecule has 1 amide bonds. The van der Waals surface area contributed by atoms with Gasteiger partial charge in [0.2, 0.25) is 0 Å². The average molecular weight is 341 g/mol. The third-order valence-corrected chi connectivity index (χ3v) is 3.63. The van der Waals surface area contributed by atoms with Crippen LogP contribution in [0.15, 0.2) is 36.4 Å². The maximum atomic E-state index is 13.0. The highest BCUT2D eigenvalue weighted by Crippen LogP contribution is 2.21. The van der Waals surface area contributed by atoms with Crippen molar-refractivity contribution in [1.82, 2.24) is 5.32 Å². The summed E-state index contributed by atoms with van der Waals surface area (Å²) in [5, 5.41) is 2.63. The van der Waals surface area contributed by atoms with E-state index < -0.39 is 11.9 Å². The number of hydrogen-bond acceptors (Lipinski definition) is 4. The van der Waals surface area contributed by atoms with E-state index in [0.29, 0.717) is 31.1 Å². The number of rotatable bonds is 11. The first-order valence-electron chi connectivity index (χ1n) is 8.30. The largest absolute Gasteiger partial charge is 0.491 e. The van der Waals surface area contributed by atoms with E-state index >= 15 is 0 Å².